The van der Waals surface area contributed by atoms with E-state index in [1.165, 1.54) is 11.1 Å². The molecule has 1 heterocycles. The molecule has 240 valence electrons. The summed E-state index contributed by atoms with van der Waals surface area (Å²) in [6, 6.07) is 70.2. The van der Waals surface area contributed by atoms with Crippen LogP contribution in [0.25, 0.3) is 66.6 Å². The lowest BCUT2D eigenvalue weighted by molar-refractivity contribution is 1.28. The van der Waals surface area contributed by atoms with Crippen LogP contribution < -0.4 is 4.90 Å². The van der Waals surface area contributed by atoms with Crippen molar-refractivity contribution in [2.75, 3.05) is 4.90 Å². The first-order valence-electron chi connectivity index (χ1n) is 17.2. The Morgan fingerprint density at radius 2 is 0.725 bits per heavy atom. The number of benzene rings is 8. The van der Waals surface area contributed by atoms with E-state index in [1.807, 2.05) is 12.1 Å². The van der Waals surface area contributed by atoms with Crippen molar-refractivity contribution in [1.29, 1.82) is 0 Å². The van der Waals surface area contributed by atoms with Gasteiger partial charge in [-0.3, -0.25) is 0 Å². The summed E-state index contributed by atoms with van der Waals surface area (Å²) in [5, 5.41) is 2.24. The summed E-state index contributed by atoms with van der Waals surface area (Å²) in [6.07, 6.45) is 0. The van der Waals surface area contributed by atoms with Gasteiger partial charge in [0.25, 0.3) is 0 Å². The highest BCUT2D eigenvalue weighted by atomic mass is 15.1. The van der Waals surface area contributed by atoms with E-state index in [-0.39, 0.29) is 0 Å². The van der Waals surface area contributed by atoms with Gasteiger partial charge in [-0.1, -0.05) is 152 Å². The zero-order valence-corrected chi connectivity index (χ0v) is 27.9. The molecule has 0 atom stereocenters. The summed E-state index contributed by atoms with van der Waals surface area (Å²) in [5.41, 5.74) is 13.7. The van der Waals surface area contributed by atoms with Gasteiger partial charge in [0.15, 0.2) is 0 Å². The average molecular weight is 652 g/mol. The maximum atomic E-state index is 5.33. The van der Waals surface area contributed by atoms with E-state index in [0.29, 0.717) is 0 Å². The molecule has 1 aromatic heterocycles. The zero-order valence-electron chi connectivity index (χ0n) is 27.9. The van der Waals surface area contributed by atoms with Crippen molar-refractivity contribution < 1.29 is 0 Å². The van der Waals surface area contributed by atoms with Gasteiger partial charge in [-0.2, -0.15) is 0 Å². The Morgan fingerprint density at radius 1 is 0.314 bits per heavy atom. The standard InChI is InChI=1S/C48H33N3/c1-5-13-38(14-6-1)46-47(39-15-7-2-8-16-39)50-48-44-33-40(26-25-37(44)29-32-45(48)49-46)36-23-21-34(22-24-36)35-27-30-43(31-28-35)51(41-17-9-3-10-18-41)42-19-11-4-12-20-42/h1-33H. The molecule has 0 aliphatic heterocycles. The lowest BCUT2D eigenvalue weighted by atomic mass is 9.97. The van der Waals surface area contributed by atoms with Gasteiger partial charge in [-0.05, 0) is 76.2 Å². The van der Waals surface area contributed by atoms with Crippen molar-refractivity contribution >= 4 is 38.9 Å². The Balaban J connectivity index is 1.06. The molecule has 3 heteroatoms. The monoisotopic (exact) mass is 651 g/mol. The lowest BCUT2D eigenvalue weighted by Crippen LogP contribution is -2.09. The summed E-state index contributed by atoms with van der Waals surface area (Å²) in [6.45, 7) is 0. The Morgan fingerprint density at radius 3 is 1.27 bits per heavy atom. The van der Waals surface area contributed by atoms with Crippen LogP contribution >= 0.6 is 0 Å². The van der Waals surface area contributed by atoms with E-state index in [1.54, 1.807) is 0 Å². The maximum Gasteiger partial charge on any atom is 0.0973 e. The molecular weight excluding hydrogens is 619 g/mol. The average Bonchev–Trinajstić information content (AvgIpc) is 3.22. The van der Waals surface area contributed by atoms with E-state index >= 15 is 0 Å². The number of rotatable bonds is 7. The fourth-order valence-electron chi connectivity index (χ4n) is 6.87. The zero-order chi connectivity index (χ0) is 34.0. The van der Waals surface area contributed by atoms with Gasteiger partial charge < -0.3 is 4.90 Å². The summed E-state index contributed by atoms with van der Waals surface area (Å²) < 4.78 is 0. The number of anilines is 3. The number of fused-ring (bicyclic) bond motifs is 3. The second kappa shape index (κ2) is 13.2. The molecule has 9 rings (SSSR count). The Labute approximate surface area is 297 Å². The molecule has 8 aromatic carbocycles. The molecule has 0 N–H and O–H groups in total. The molecule has 0 radical (unpaired) electrons. The van der Waals surface area contributed by atoms with Gasteiger partial charge in [0.1, 0.15) is 0 Å². The van der Waals surface area contributed by atoms with Gasteiger partial charge in [-0.15, -0.1) is 0 Å². The molecule has 0 amide bonds. The van der Waals surface area contributed by atoms with Crippen LogP contribution in [0.2, 0.25) is 0 Å². The highest BCUT2D eigenvalue weighted by molar-refractivity contribution is 6.07. The Hall–Kier alpha value is -6.84. The molecule has 0 aliphatic carbocycles. The van der Waals surface area contributed by atoms with Crippen LogP contribution in [0.1, 0.15) is 0 Å². The first-order chi connectivity index (χ1) is 25.3. The quantitative estimate of drug-likeness (QED) is 0.161. The van der Waals surface area contributed by atoms with Crippen LogP contribution in [0.4, 0.5) is 17.1 Å². The largest absolute Gasteiger partial charge is 0.311 e. The van der Waals surface area contributed by atoms with Crippen LogP contribution in [0, 0.1) is 0 Å². The van der Waals surface area contributed by atoms with E-state index in [9.17, 15) is 0 Å². The number of hydrogen-bond acceptors (Lipinski definition) is 3. The first-order valence-corrected chi connectivity index (χ1v) is 17.2. The van der Waals surface area contributed by atoms with Crippen LogP contribution in [0.15, 0.2) is 200 Å². The highest BCUT2D eigenvalue weighted by Gasteiger charge is 2.16. The Bertz CT molecular complexity index is 2550. The van der Waals surface area contributed by atoms with E-state index in [0.717, 1.165) is 72.5 Å². The topological polar surface area (TPSA) is 29.0 Å². The molecule has 0 bridgehead atoms. The third kappa shape index (κ3) is 5.92. The first kappa shape index (κ1) is 30.2. The number of aromatic nitrogens is 2. The summed E-state index contributed by atoms with van der Waals surface area (Å²) in [4.78, 5) is 12.8. The van der Waals surface area contributed by atoms with Crippen LogP contribution in [0.3, 0.4) is 0 Å². The smallest absolute Gasteiger partial charge is 0.0973 e. The highest BCUT2D eigenvalue weighted by Crippen LogP contribution is 2.37. The molecule has 0 saturated carbocycles. The maximum absolute atomic E-state index is 5.33. The van der Waals surface area contributed by atoms with Crippen LogP contribution in [-0.4, -0.2) is 9.97 Å². The van der Waals surface area contributed by atoms with E-state index in [4.69, 9.17) is 9.97 Å². The van der Waals surface area contributed by atoms with Crippen molar-refractivity contribution in [3.8, 4) is 44.8 Å². The summed E-state index contributed by atoms with van der Waals surface area (Å²) in [7, 11) is 0. The third-order valence-electron chi connectivity index (χ3n) is 9.45. The normalized spacial score (nSPS) is 11.1. The molecule has 0 aliphatic rings. The van der Waals surface area contributed by atoms with Gasteiger partial charge in [-0.25, -0.2) is 9.97 Å². The molecule has 51 heavy (non-hydrogen) atoms. The third-order valence-corrected chi connectivity index (χ3v) is 9.45. The second-order valence-electron chi connectivity index (χ2n) is 12.7. The predicted molar refractivity (Wildman–Crippen MR) is 213 cm³/mol. The minimum Gasteiger partial charge on any atom is -0.311 e. The van der Waals surface area contributed by atoms with Crippen molar-refractivity contribution in [2.24, 2.45) is 0 Å². The summed E-state index contributed by atoms with van der Waals surface area (Å²) >= 11 is 0. The number of para-hydroxylation sites is 2. The van der Waals surface area contributed by atoms with Crippen molar-refractivity contribution in [2.45, 2.75) is 0 Å². The summed E-state index contributed by atoms with van der Waals surface area (Å²) in [5.74, 6) is 0. The van der Waals surface area contributed by atoms with Crippen molar-refractivity contribution in [1.82, 2.24) is 9.97 Å². The van der Waals surface area contributed by atoms with E-state index < -0.39 is 0 Å². The molecular formula is C48H33N3. The SMILES string of the molecule is c1ccc(-c2nc3ccc4ccc(-c5ccc(-c6ccc(N(c7ccccc7)c7ccccc7)cc6)cc5)cc4c3nc2-c2ccccc2)cc1. The molecule has 9 aromatic rings. The minimum atomic E-state index is 0.884. The fourth-order valence-corrected chi connectivity index (χ4v) is 6.87. The van der Waals surface area contributed by atoms with Gasteiger partial charge in [0, 0.05) is 33.6 Å². The molecule has 3 nitrogen and oxygen atoms in total. The van der Waals surface area contributed by atoms with Gasteiger partial charge in [0.2, 0.25) is 0 Å². The van der Waals surface area contributed by atoms with Gasteiger partial charge in [0.05, 0.1) is 22.4 Å². The van der Waals surface area contributed by atoms with Crippen LogP contribution in [-0.2, 0) is 0 Å². The fraction of sp³-hybridized carbons (Fsp3) is 0. The number of nitrogens with zero attached hydrogens (tertiary/aromatic N) is 3. The van der Waals surface area contributed by atoms with Gasteiger partial charge >= 0.3 is 0 Å². The number of hydrogen-bond donors (Lipinski definition) is 0. The van der Waals surface area contributed by atoms with Crippen molar-refractivity contribution in [3.05, 3.63) is 200 Å². The minimum absolute atomic E-state index is 0.884. The molecule has 0 fully saturated rings. The van der Waals surface area contributed by atoms with E-state index in [2.05, 4.69) is 193 Å². The molecule has 0 unspecified atom stereocenters. The lowest BCUT2D eigenvalue weighted by Gasteiger charge is -2.25. The van der Waals surface area contributed by atoms with Crippen molar-refractivity contribution in [3.63, 3.8) is 0 Å². The molecule has 0 saturated heterocycles. The molecule has 0 spiro atoms. The van der Waals surface area contributed by atoms with Crippen LogP contribution in [0.5, 0.6) is 0 Å². The Kier molecular flexibility index (Phi) is 7.84. The predicted octanol–water partition coefficient (Wildman–Crippen LogP) is 12.9. The second-order valence-corrected chi connectivity index (χ2v) is 12.7.